The predicted molar refractivity (Wildman–Crippen MR) is 46.6 cm³/mol. The number of hydrogen-bond donors (Lipinski definition) is 0. The van der Waals surface area contributed by atoms with Gasteiger partial charge in [-0.15, -0.1) is 15.2 Å². The number of thiazole rings is 1. The highest BCUT2D eigenvalue weighted by Crippen LogP contribution is 2.13. The Morgan fingerprint density at radius 3 is 2.92 bits per heavy atom. The second kappa shape index (κ2) is 4.12. The first-order chi connectivity index (χ1) is 6.01. The van der Waals surface area contributed by atoms with Gasteiger partial charge in [0.1, 0.15) is 10.8 Å². The average molecular weight is 225 g/mol. The van der Waals surface area contributed by atoms with Gasteiger partial charge in [0.25, 0.3) is 0 Å². The lowest BCUT2D eigenvalue weighted by Gasteiger charge is -1.90. The third-order valence-electron chi connectivity index (χ3n) is 1.19. The number of hydrogen-bond acceptors (Lipinski definition) is 5. The van der Waals surface area contributed by atoms with Crippen LogP contribution in [0.5, 0.6) is 0 Å². The van der Waals surface area contributed by atoms with Crippen LogP contribution in [-0.2, 0) is 27.3 Å². The molecule has 0 bridgehead atoms. The molecule has 13 heavy (non-hydrogen) atoms. The Labute approximate surface area is 79.6 Å². The van der Waals surface area contributed by atoms with Gasteiger partial charge in [-0.3, -0.25) is 0 Å². The normalized spacial score (nSPS) is 11.8. The summed E-state index contributed by atoms with van der Waals surface area (Å²) < 4.78 is 37.4. The van der Waals surface area contributed by atoms with Crippen LogP contribution < -0.4 is 0 Å². The van der Waals surface area contributed by atoms with Crippen molar-refractivity contribution >= 4 is 21.6 Å². The first-order valence-electron chi connectivity index (χ1n) is 3.36. The van der Waals surface area contributed by atoms with E-state index >= 15 is 0 Å². The van der Waals surface area contributed by atoms with E-state index in [1.54, 1.807) is 0 Å². The van der Waals surface area contributed by atoms with Gasteiger partial charge in [0.15, 0.2) is 0 Å². The topological polar surface area (TPSA) is 56.3 Å². The van der Waals surface area contributed by atoms with Gasteiger partial charge in [-0.1, -0.05) is 0 Å². The molecule has 0 atom stereocenters. The summed E-state index contributed by atoms with van der Waals surface area (Å²) in [6, 6.07) is 0. The molecule has 0 N–H and O–H groups in total. The molecule has 1 heterocycles. The van der Waals surface area contributed by atoms with Crippen LogP contribution >= 0.6 is 11.3 Å². The van der Waals surface area contributed by atoms with Crippen LogP contribution in [0, 0.1) is 0 Å². The highest BCUT2D eigenvalue weighted by molar-refractivity contribution is 7.85. The lowest BCUT2D eigenvalue weighted by molar-refractivity contribution is 0.184. The molecule has 0 aromatic carbocycles. The average Bonchev–Trinajstić information content (AvgIpc) is 2.33. The van der Waals surface area contributed by atoms with Crippen LogP contribution in [0.3, 0.4) is 0 Å². The van der Waals surface area contributed by atoms with E-state index in [4.69, 9.17) is 4.74 Å². The van der Waals surface area contributed by atoms with Crippen molar-refractivity contribution in [1.29, 1.82) is 0 Å². The fraction of sp³-hybridized carbons (Fsp3) is 0.500. The summed E-state index contributed by atoms with van der Waals surface area (Å²) in [6.45, 7) is 0.316. The smallest absolute Gasteiger partial charge is 0.308 e. The van der Waals surface area contributed by atoms with Crippen LogP contribution in [-0.4, -0.2) is 20.5 Å². The molecular formula is C6H8FNO3S2. The molecular weight excluding hydrogens is 217 g/mol. The van der Waals surface area contributed by atoms with Crippen molar-refractivity contribution in [2.75, 3.05) is 7.11 Å². The van der Waals surface area contributed by atoms with Crippen LogP contribution in [0.25, 0.3) is 0 Å². The van der Waals surface area contributed by atoms with Crippen molar-refractivity contribution in [3.63, 3.8) is 0 Å². The summed E-state index contributed by atoms with van der Waals surface area (Å²) in [4.78, 5) is 3.86. The minimum absolute atomic E-state index is 0.222. The van der Waals surface area contributed by atoms with Crippen molar-refractivity contribution in [1.82, 2.24) is 4.98 Å². The number of methoxy groups -OCH3 is 1. The largest absolute Gasteiger partial charge is 0.378 e. The van der Waals surface area contributed by atoms with Gasteiger partial charge in [0.2, 0.25) is 0 Å². The lowest BCUT2D eigenvalue weighted by atomic mass is 10.6. The highest BCUT2D eigenvalue weighted by atomic mass is 32.3. The zero-order valence-electron chi connectivity index (χ0n) is 6.86. The minimum atomic E-state index is -4.48. The van der Waals surface area contributed by atoms with E-state index in [1.807, 2.05) is 0 Å². The Morgan fingerprint density at radius 1 is 1.69 bits per heavy atom. The fourth-order valence-electron chi connectivity index (χ4n) is 0.782. The molecule has 0 aliphatic heterocycles. The fourth-order valence-corrected chi connectivity index (χ4v) is 2.15. The molecule has 0 spiro atoms. The number of rotatable bonds is 4. The van der Waals surface area contributed by atoms with E-state index in [0.717, 1.165) is 0 Å². The van der Waals surface area contributed by atoms with Crippen LogP contribution in [0.2, 0.25) is 0 Å². The van der Waals surface area contributed by atoms with E-state index in [2.05, 4.69) is 4.98 Å². The quantitative estimate of drug-likeness (QED) is 0.720. The third kappa shape index (κ3) is 3.79. The molecule has 0 aliphatic carbocycles. The Hall–Kier alpha value is -0.530. The van der Waals surface area contributed by atoms with Crippen LogP contribution in [0.1, 0.15) is 10.7 Å². The molecule has 0 aliphatic rings. The Morgan fingerprint density at radius 2 is 2.38 bits per heavy atom. The number of aromatic nitrogens is 1. The van der Waals surface area contributed by atoms with Crippen LogP contribution in [0.4, 0.5) is 3.89 Å². The standard InChI is InChI=1S/C6H8FNO3S2/c1-11-2-6-8-5(3-12-6)4-13(7,9)10/h3H,2,4H2,1H3. The van der Waals surface area contributed by atoms with Crippen molar-refractivity contribution in [3.8, 4) is 0 Å². The summed E-state index contributed by atoms with van der Waals surface area (Å²) in [5.41, 5.74) is 0.222. The molecule has 7 heteroatoms. The number of ether oxygens (including phenoxy) is 1. The number of halogens is 1. The maximum Gasteiger partial charge on any atom is 0.308 e. The Balaban J connectivity index is 2.69. The molecule has 0 saturated carbocycles. The second-order valence-corrected chi connectivity index (χ2v) is 4.66. The van der Waals surface area contributed by atoms with Crippen LogP contribution in [0.15, 0.2) is 5.38 Å². The lowest BCUT2D eigenvalue weighted by Crippen LogP contribution is -1.97. The van der Waals surface area contributed by atoms with E-state index < -0.39 is 16.0 Å². The summed E-state index contributed by atoms with van der Waals surface area (Å²) in [5.74, 6) is -0.660. The molecule has 0 amide bonds. The van der Waals surface area contributed by atoms with E-state index in [9.17, 15) is 12.3 Å². The van der Waals surface area contributed by atoms with Crippen molar-refractivity contribution in [3.05, 3.63) is 16.1 Å². The third-order valence-corrected chi connectivity index (χ3v) is 2.70. The first kappa shape index (κ1) is 10.6. The second-order valence-electron chi connectivity index (χ2n) is 2.35. The van der Waals surface area contributed by atoms with Gasteiger partial charge < -0.3 is 4.74 Å². The van der Waals surface area contributed by atoms with Gasteiger partial charge >= 0.3 is 10.2 Å². The molecule has 0 saturated heterocycles. The maximum atomic E-state index is 12.2. The van der Waals surface area contributed by atoms with Gasteiger partial charge in [0.05, 0.1) is 12.3 Å². The zero-order valence-corrected chi connectivity index (χ0v) is 8.49. The van der Waals surface area contributed by atoms with Gasteiger partial charge in [0, 0.05) is 12.5 Å². The van der Waals surface area contributed by atoms with Crippen molar-refractivity contribution in [2.24, 2.45) is 0 Å². The SMILES string of the molecule is COCc1nc(CS(=O)(=O)F)cs1. The Kier molecular flexibility index (Phi) is 3.34. The van der Waals surface area contributed by atoms with Crippen molar-refractivity contribution < 1.29 is 17.0 Å². The van der Waals surface area contributed by atoms with E-state index in [0.29, 0.717) is 11.6 Å². The molecule has 4 nitrogen and oxygen atoms in total. The van der Waals surface area contributed by atoms with E-state index in [1.165, 1.54) is 23.8 Å². The monoisotopic (exact) mass is 225 g/mol. The van der Waals surface area contributed by atoms with Gasteiger partial charge in [-0.05, 0) is 0 Å². The maximum absolute atomic E-state index is 12.2. The van der Waals surface area contributed by atoms with Gasteiger partial charge in [-0.25, -0.2) is 4.98 Å². The minimum Gasteiger partial charge on any atom is -0.378 e. The molecule has 1 aromatic rings. The summed E-state index contributed by atoms with van der Waals surface area (Å²) in [7, 11) is -2.97. The summed E-state index contributed by atoms with van der Waals surface area (Å²) >= 11 is 1.25. The summed E-state index contributed by atoms with van der Waals surface area (Å²) in [6.07, 6.45) is 0. The predicted octanol–water partition coefficient (Wildman–Crippen LogP) is 1.09. The molecule has 74 valence electrons. The molecule has 0 fully saturated rings. The molecule has 1 aromatic heterocycles. The van der Waals surface area contributed by atoms with Gasteiger partial charge in [-0.2, -0.15) is 8.42 Å². The molecule has 0 radical (unpaired) electrons. The first-order valence-corrected chi connectivity index (χ1v) is 5.79. The van der Waals surface area contributed by atoms with Crippen molar-refractivity contribution in [2.45, 2.75) is 12.4 Å². The van der Waals surface area contributed by atoms with E-state index in [-0.39, 0.29) is 5.69 Å². The number of nitrogens with zero attached hydrogens (tertiary/aromatic N) is 1. The summed E-state index contributed by atoms with van der Waals surface area (Å²) in [5, 5.41) is 2.15. The zero-order chi connectivity index (χ0) is 9.90. The molecule has 1 rings (SSSR count). The molecule has 0 unspecified atom stereocenters. The highest BCUT2D eigenvalue weighted by Gasteiger charge is 2.11. The Bertz CT molecular complexity index is 373.